The minimum Gasteiger partial charge on any atom is -0.495 e. The summed E-state index contributed by atoms with van der Waals surface area (Å²) < 4.78 is 68.6. The summed E-state index contributed by atoms with van der Waals surface area (Å²) in [5, 5.41) is 2.43. The van der Waals surface area contributed by atoms with Gasteiger partial charge in [0.05, 0.1) is 12.7 Å². The molecule has 0 aliphatic carbocycles. The fraction of sp³-hybridized carbons (Fsp3) is 0.211. The smallest absolute Gasteiger partial charge is 0.416 e. The van der Waals surface area contributed by atoms with E-state index in [4.69, 9.17) is 4.74 Å². The summed E-state index contributed by atoms with van der Waals surface area (Å²) in [5.74, 6) is -0.428. The molecule has 2 rings (SSSR count). The Hall–Kier alpha value is -2.85. The van der Waals surface area contributed by atoms with Gasteiger partial charge >= 0.3 is 6.18 Å². The third kappa shape index (κ3) is 5.58. The van der Waals surface area contributed by atoms with Crippen molar-refractivity contribution < 1.29 is 31.1 Å². The Balaban J connectivity index is 2.18. The van der Waals surface area contributed by atoms with Crippen molar-refractivity contribution >= 4 is 27.7 Å². The number of benzene rings is 2. The SMILES string of the molecule is COc1ccc(/C=C/C(=O)Nc2ccc(C(F)(F)F)cc2)cc1S(=O)(=O)N(C)C. The van der Waals surface area contributed by atoms with Crippen LogP contribution in [0.2, 0.25) is 0 Å². The molecule has 0 radical (unpaired) electrons. The van der Waals surface area contributed by atoms with Gasteiger partial charge in [-0.05, 0) is 48.0 Å². The lowest BCUT2D eigenvalue weighted by Gasteiger charge is -2.15. The van der Waals surface area contributed by atoms with Crippen LogP contribution >= 0.6 is 0 Å². The van der Waals surface area contributed by atoms with Crippen LogP contribution in [-0.4, -0.2) is 39.8 Å². The van der Waals surface area contributed by atoms with E-state index in [-0.39, 0.29) is 16.3 Å². The molecule has 29 heavy (non-hydrogen) atoms. The van der Waals surface area contributed by atoms with Crippen LogP contribution < -0.4 is 10.1 Å². The van der Waals surface area contributed by atoms with Gasteiger partial charge in [-0.2, -0.15) is 13.2 Å². The number of rotatable bonds is 6. The largest absolute Gasteiger partial charge is 0.495 e. The summed E-state index contributed by atoms with van der Waals surface area (Å²) in [6.45, 7) is 0. The van der Waals surface area contributed by atoms with E-state index in [9.17, 15) is 26.4 Å². The predicted molar refractivity (Wildman–Crippen MR) is 103 cm³/mol. The van der Waals surface area contributed by atoms with E-state index in [1.54, 1.807) is 6.07 Å². The predicted octanol–water partition coefficient (Wildman–Crippen LogP) is 3.62. The van der Waals surface area contributed by atoms with Gasteiger partial charge in [0.2, 0.25) is 15.9 Å². The Kier molecular flexibility index (Phi) is 6.70. The van der Waals surface area contributed by atoms with Crippen molar-refractivity contribution in [2.45, 2.75) is 11.1 Å². The highest BCUT2D eigenvalue weighted by Gasteiger charge is 2.30. The maximum Gasteiger partial charge on any atom is 0.416 e. The number of nitrogens with one attached hydrogen (secondary N) is 1. The molecular weight excluding hydrogens is 409 g/mol. The highest BCUT2D eigenvalue weighted by atomic mass is 32.2. The van der Waals surface area contributed by atoms with E-state index in [2.05, 4.69) is 5.32 Å². The second-order valence-corrected chi connectivity index (χ2v) is 8.22. The van der Waals surface area contributed by atoms with Crippen LogP contribution in [0, 0.1) is 0 Å². The first-order valence-corrected chi connectivity index (χ1v) is 9.66. The Labute approximate surface area is 166 Å². The summed E-state index contributed by atoms with van der Waals surface area (Å²) in [6.07, 6.45) is -1.93. The lowest BCUT2D eigenvalue weighted by Crippen LogP contribution is -2.22. The molecule has 2 aromatic rings. The number of hydrogen-bond donors (Lipinski definition) is 1. The Bertz CT molecular complexity index is 1010. The van der Waals surface area contributed by atoms with E-state index in [0.717, 1.165) is 34.6 Å². The van der Waals surface area contributed by atoms with Gasteiger partial charge in [0.1, 0.15) is 10.6 Å². The highest BCUT2D eigenvalue weighted by Crippen LogP contribution is 2.30. The molecule has 0 aliphatic rings. The van der Waals surface area contributed by atoms with Gasteiger partial charge in [-0.25, -0.2) is 12.7 Å². The normalized spacial score (nSPS) is 12.4. The molecule has 0 atom stereocenters. The number of halogens is 3. The minimum atomic E-state index is -4.46. The van der Waals surface area contributed by atoms with E-state index >= 15 is 0 Å². The molecule has 0 aliphatic heterocycles. The van der Waals surface area contributed by atoms with Crippen LogP contribution in [0.25, 0.3) is 6.08 Å². The molecule has 2 aromatic carbocycles. The molecule has 0 bridgehead atoms. The second kappa shape index (κ2) is 8.66. The fourth-order valence-corrected chi connectivity index (χ4v) is 3.38. The standard InChI is InChI=1S/C19H19F3N2O4S/c1-24(2)29(26,27)17-12-13(4-10-16(17)28-3)5-11-18(25)23-15-8-6-14(7-9-15)19(20,21)22/h4-12H,1-3H3,(H,23,25)/b11-5+. The minimum absolute atomic E-state index is 0.0599. The molecule has 0 spiro atoms. The van der Waals surface area contributed by atoms with Crippen LogP contribution in [0.15, 0.2) is 53.4 Å². The van der Waals surface area contributed by atoms with Crippen LogP contribution in [0.1, 0.15) is 11.1 Å². The number of ether oxygens (including phenoxy) is 1. The van der Waals surface area contributed by atoms with Crippen LogP contribution in [0.5, 0.6) is 5.75 Å². The molecule has 0 aromatic heterocycles. The maximum atomic E-state index is 12.6. The average Bonchev–Trinajstić information content (AvgIpc) is 2.65. The third-order valence-corrected chi connectivity index (χ3v) is 5.69. The van der Waals surface area contributed by atoms with Gasteiger partial charge in [-0.15, -0.1) is 0 Å². The summed E-state index contributed by atoms with van der Waals surface area (Å²) in [5.41, 5.74) is -0.203. The van der Waals surface area contributed by atoms with E-state index in [1.165, 1.54) is 39.4 Å². The molecule has 0 saturated heterocycles. The van der Waals surface area contributed by atoms with Crippen molar-refractivity contribution in [1.82, 2.24) is 4.31 Å². The Morgan fingerprint density at radius 1 is 1.10 bits per heavy atom. The number of nitrogens with zero attached hydrogens (tertiary/aromatic N) is 1. The van der Waals surface area contributed by atoms with Gasteiger partial charge in [0.25, 0.3) is 0 Å². The molecule has 0 saturated carbocycles. The number of anilines is 1. The Morgan fingerprint density at radius 3 is 2.24 bits per heavy atom. The first kappa shape index (κ1) is 22.4. The number of carbonyl (C=O) groups is 1. The molecule has 156 valence electrons. The van der Waals surface area contributed by atoms with Gasteiger partial charge in [-0.3, -0.25) is 4.79 Å². The fourth-order valence-electron chi connectivity index (χ4n) is 2.29. The van der Waals surface area contributed by atoms with Crippen LogP contribution in [-0.2, 0) is 21.0 Å². The van der Waals surface area contributed by atoms with Gasteiger partial charge < -0.3 is 10.1 Å². The molecule has 0 heterocycles. The summed E-state index contributed by atoms with van der Waals surface area (Å²) >= 11 is 0. The maximum absolute atomic E-state index is 12.6. The second-order valence-electron chi connectivity index (χ2n) is 6.10. The topological polar surface area (TPSA) is 75.7 Å². The van der Waals surface area contributed by atoms with E-state index in [1.807, 2.05) is 0 Å². The summed E-state index contributed by atoms with van der Waals surface area (Å²) in [4.78, 5) is 11.9. The van der Waals surface area contributed by atoms with Crippen molar-refractivity contribution in [1.29, 1.82) is 0 Å². The third-order valence-electron chi connectivity index (χ3n) is 3.85. The number of carbonyl (C=O) groups excluding carboxylic acids is 1. The molecule has 10 heteroatoms. The number of hydrogen-bond acceptors (Lipinski definition) is 4. The zero-order valence-corrected chi connectivity index (χ0v) is 16.6. The summed E-state index contributed by atoms with van der Waals surface area (Å²) in [7, 11) is 0.348. The lowest BCUT2D eigenvalue weighted by atomic mass is 10.2. The Morgan fingerprint density at radius 2 is 1.72 bits per heavy atom. The van der Waals surface area contributed by atoms with Gasteiger partial charge in [0.15, 0.2) is 0 Å². The van der Waals surface area contributed by atoms with Crippen molar-refractivity contribution in [3.63, 3.8) is 0 Å². The molecule has 6 nitrogen and oxygen atoms in total. The molecule has 0 unspecified atom stereocenters. The lowest BCUT2D eigenvalue weighted by molar-refractivity contribution is -0.137. The monoisotopic (exact) mass is 428 g/mol. The number of methoxy groups -OCH3 is 1. The zero-order chi connectivity index (χ0) is 21.8. The van der Waals surface area contributed by atoms with E-state index < -0.39 is 27.7 Å². The highest BCUT2D eigenvalue weighted by molar-refractivity contribution is 7.89. The molecular formula is C19H19F3N2O4S. The van der Waals surface area contributed by atoms with E-state index in [0.29, 0.717) is 5.56 Å². The van der Waals surface area contributed by atoms with Crippen LogP contribution in [0.4, 0.5) is 18.9 Å². The van der Waals surface area contributed by atoms with Crippen molar-refractivity contribution in [2.75, 3.05) is 26.5 Å². The van der Waals surface area contributed by atoms with Crippen molar-refractivity contribution in [3.05, 3.63) is 59.7 Å². The molecule has 1 N–H and O–H groups in total. The van der Waals surface area contributed by atoms with Gasteiger partial charge in [-0.1, -0.05) is 6.07 Å². The van der Waals surface area contributed by atoms with Gasteiger partial charge in [0, 0.05) is 25.9 Å². The average molecular weight is 428 g/mol. The van der Waals surface area contributed by atoms with Crippen molar-refractivity contribution in [2.24, 2.45) is 0 Å². The first-order chi connectivity index (χ1) is 13.4. The first-order valence-electron chi connectivity index (χ1n) is 8.22. The number of sulfonamides is 1. The van der Waals surface area contributed by atoms with Crippen molar-refractivity contribution in [3.8, 4) is 5.75 Å². The van der Waals surface area contributed by atoms with Crippen LogP contribution in [0.3, 0.4) is 0 Å². The summed E-state index contributed by atoms with van der Waals surface area (Å²) in [6, 6.07) is 8.39. The molecule has 1 amide bonds. The number of alkyl halides is 3. The zero-order valence-electron chi connectivity index (χ0n) is 15.8. The quantitative estimate of drug-likeness (QED) is 0.714. The number of amides is 1. The molecule has 0 fully saturated rings.